The van der Waals surface area contributed by atoms with E-state index in [2.05, 4.69) is 72.9 Å². The molecule has 3 rings (SSSR count). The van der Waals surface area contributed by atoms with Crippen molar-refractivity contribution in [2.24, 2.45) is 0 Å². The topological polar surface area (TPSA) is 52.2 Å². The second-order valence-electron chi connectivity index (χ2n) is 7.81. The fourth-order valence-corrected chi connectivity index (χ4v) is 9.35. The standard InChI is InChI=1S/C26H31NO2Si.Na/c1-2-3-20-30(24-11-6-4-7-12-24,25-13-8-5-9-14-25)21-10-19-27-23-17-15-22(16-18-23)26(28)29;/h4-9,11-18,27H,2-3,10,19-21H2,1H3,(H,28,29);/q;+1/p-1. The Balaban J connectivity index is 0.00000341. The van der Waals surface area contributed by atoms with Gasteiger partial charge in [0.15, 0.2) is 0 Å². The van der Waals surface area contributed by atoms with E-state index in [1.807, 2.05) is 0 Å². The summed E-state index contributed by atoms with van der Waals surface area (Å²) < 4.78 is 0. The second kappa shape index (κ2) is 12.9. The number of carboxylic acids is 1. The molecule has 0 aliphatic carbocycles. The van der Waals surface area contributed by atoms with Crippen LogP contribution in [0.5, 0.6) is 0 Å². The summed E-state index contributed by atoms with van der Waals surface area (Å²) in [6, 6.07) is 31.4. The van der Waals surface area contributed by atoms with Crippen LogP contribution in [0, 0.1) is 0 Å². The number of nitrogens with one attached hydrogen (secondary N) is 1. The summed E-state index contributed by atoms with van der Waals surface area (Å²) in [5.74, 6) is -1.14. The molecule has 0 bridgehead atoms. The molecule has 0 spiro atoms. The molecule has 5 heteroatoms. The van der Waals surface area contributed by atoms with Crippen LogP contribution in [0.25, 0.3) is 0 Å². The van der Waals surface area contributed by atoms with Gasteiger partial charge in [0.05, 0.1) is 5.97 Å². The molecule has 1 N–H and O–H groups in total. The molecule has 0 aliphatic heterocycles. The Bertz CT molecular complexity index is 878. The normalized spacial score (nSPS) is 10.9. The minimum absolute atomic E-state index is 0. The van der Waals surface area contributed by atoms with Gasteiger partial charge in [0.2, 0.25) is 0 Å². The Labute approximate surface area is 209 Å². The van der Waals surface area contributed by atoms with Crippen LogP contribution < -0.4 is 50.4 Å². The number of aromatic carboxylic acids is 1. The van der Waals surface area contributed by atoms with Crippen molar-refractivity contribution in [1.82, 2.24) is 0 Å². The molecular weight excluding hydrogens is 409 g/mol. The van der Waals surface area contributed by atoms with E-state index >= 15 is 0 Å². The molecule has 0 heterocycles. The number of carbonyl (C=O) groups is 1. The Morgan fingerprint density at radius 3 is 1.81 bits per heavy atom. The molecule has 0 fully saturated rings. The predicted octanol–water partition coefficient (Wildman–Crippen LogP) is 0.919. The minimum Gasteiger partial charge on any atom is -0.545 e. The van der Waals surface area contributed by atoms with Gasteiger partial charge in [0, 0.05) is 12.2 Å². The molecule has 0 saturated carbocycles. The molecule has 156 valence electrons. The maximum Gasteiger partial charge on any atom is 1.00 e. The number of hydrogen-bond donors (Lipinski definition) is 1. The van der Waals surface area contributed by atoms with Gasteiger partial charge in [-0.25, -0.2) is 0 Å². The van der Waals surface area contributed by atoms with Gasteiger partial charge in [-0.2, -0.15) is 0 Å². The van der Waals surface area contributed by atoms with Crippen molar-refractivity contribution in [3.63, 3.8) is 0 Å². The minimum atomic E-state index is -1.86. The van der Waals surface area contributed by atoms with Crippen LogP contribution >= 0.6 is 0 Å². The molecule has 3 aromatic carbocycles. The van der Waals surface area contributed by atoms with Gasteiger partial charge in [-0.3, -0.25) is 0 Å². The quantitative estimate of drug-likeness (QED) is 0.357. The third-order valence-corrected chi connectivity index (χ3v) is 11.1. The molecule has 0 amide bonds. The Morgan fingerprint density at radius 1 is 0.806 bits per heavy atom. The number of rotatable bonds is 11. The van der Waals surface area contributed by atoms with Crippen LogP contribution in [0.2, 0.25) is 12.1 Å². The first-order valence-electron chi connectivity index (χ1n) is 10.8. The smallest absolute Gasteiger partial charge is 0.545 e. The number of benzene rings is 3. The predicted molar refractivity (Wildman–Crippen MR) is 126 cm³/mol. The number of anilines is 1. The summed E-state index contributed by atoms with van der Waals surface area (Å²) in [6.45, 7) is 3.14. The van der Waals surface area contributed by atoms with E-state index in [1.54, 1.807) is 24.3 Å². The zero-order chi connectivity index (χ0) is 21.2. The maximum absolute atomic E-state index is 10.9. The van der Waals surface area contributed by atoms with E-state index in [9.17, 15) is 9.90 Å². The van der Waals surface area contributed by atoms with Crippen molar-refractivity contribution in [3.05, 3.63) is 90.5 Å². The van der Waals surface area contributed by atoms with E-state index < -0.39 is 14.0 Å². The van der Waals surface area contributed by atoms with E-state index in [4.69, 9.17) is 0 Å². The molecule has 3 aromatic rings. The van der Waals surface area contributed by atoms with Gasteiger partial charge in [-0.05, 0) is 36.2 Å². The first kappa shape index (κ1) is 25.4. The third-order valence-electron chi connectivity index (χ3n) is 5.84. The zero-order valence-electron chi connectivity index (χ0n) is 18.6. The fraction of sp³-hybridized carbons (Fsp3) is 0.269. The van der Waals surface area contributed by atoms with Gasteiger partial charge in [-0.1, -0.05) is 103 Å². The van der Waals surface area contributed by atoms with E-state index in [1.165, 1.54) is 35.3 Å². The third kappa shape index (κ3) is 6.81. The summed E-state index contributed by atoms with van der Waals surface area (Å²) in [5.41, 5.74) is 1.15. The number of carboxylic acid groups (broad SMARTS) is 1. The van der Waals surface area contributed by atoms with Crippen LogP contribution in [-0.2, 0) is 0 Å². The number of hydrogen-bond acceptors (Lipinski definition) is 3. The second-order valence-corrected chi connectivity index (χ2v) is 12.1. The Kier molecular flexibility index (Phi) is 10.5. The van der Waals surface area contributed by atoms with Crippen molar-refractivity contribution >= 4 is 30.1 Å². The molecule has 0 radical (unpaired) electrons. The van der Waals surface area contributed by atoms with Gasteiger partial charge in [-0.15, -0.1) is 0 Å². The first-order valence-corrected chi connectivity index (χ1v) is 13.2. The summed E-state index contributed by atoms with van der Waals surface area (Å²) in [4.78, 5) is 10.9. The van der Waals surface area contributed by atoms with Gasteiger partial charge in [0.25, 0.3) is 0 Å². The summed E-state index contributed by atoms with van der Waals surface area (Å²) in [6.07, 6.45) is 3.52. The molecular formula is C26H30NNaO2Si. The van der Waals surface area contributed by atoms with E-state index in [-0.39, 0.29) is 35.1 Å². The fourth-order valence-electron chi connectivity index (χ4n) is 4.21. The van der Waals surface area contributed by atoms with Crippen molar-refractivity contribution in [2.75, 3.05) is 11.9 Å². The van der Waals surface area contributed by atoms with Crippen molar-refractivity contribution in [2.45, 2.75) is 38.3 Å². The number of carbonyl (C=O) groups excluding carboxylic acids is 1. The summed E-state index contributed by atoms with van der Waals surface area (Å²) in [7, 11) is -1.86. The van der Waals surface area contributed by atoms with Crippen molar-refractivity contribution in [3.8, 4) is 0 Å². The number of unbranched alkanes of at least 4 members (excludes halogenated alkanes) is 1. The van der Waals surface area contributed by atoms with Crippen molar-refractivity contribution in [1.29, 1.82) is 0 Å². The Morgan fingerprint density at radius 2 is 1.32 bits per heavy atom. The molecule has 0 aromatic heterocycles. The van der Waals surface area contributed by atoms with E-state index in [0.717, 1.165) is 18.7 Å². The molecule has 0 atom stereocenters. The van der Waals surface area contributed by atoms with Crippen LogP contribution in [0.15, 0.2) is 84.9 Å². The van der Waals surface area contributed by atoms with Crippen LogP contribution in [-0.4, -0.2) is 20.6 Å². The molecule has 0 aliphatic rings. The van der Waals surface area contributed by atoms with Crippen LogP contribution in [0.1, 0.15) is 36.5 Å². The largest absolute Gasteiger partial charge is 1.00 e. The molecule has 0 unspecified atom stereocenters. The van der Waals surface area contributed by atoms with E-state index in [0.29, 0.717) is 0 Å². The van der Waals surface area contributed by atoms with Crippen molar-refractivity contribution < 1.29 is 39.5 Å². The monoisotopic (exact) mass is 439 g/mol. The average Bonchev–Trinajstić information content (AvgIpc) is 2.80. The summed E-state index contributed by atoms with van der Waals surface area (Å²) in [5, 5.41) is 17.4. The first-order chi connectivity index (χ1) is 14.7. The Hall–Kier alpha value is -1.85. The maximum atomic E-state index is 10.9. The molecule has 0 saturated heterocycles. The molecule has 3 nitrogen and oxygen atoms in total. The SMILES string of the molecule is CCCC[Si](CCCNc1ccc(C(=O)[O-])cc1)(c1ccccc1)c1ccccc1.[Na+]. The van der Waals surface area contributed by atoms with Crippen LogP contribution in [0.4, 0.5) is 5.69 Å². The summed E-state index contributed by atoms with van der Waals surface area (Å²) >= 11 is 0. The average molecular weight is 440 g/mol. The van der Waals surface area contributed by atoms with Gasteiger partial charge >= 0.3 is 29.6 Å². The molecule has 31 heavy (non-hydrogen) atoms. The van der Waals surface area contributed by atoms with Crippen LogP contribution in [0.3, 0.4) is 0 Å². The van der Waals surface area contributed by atoms with Gasteiger partial charge < -0.3 is 15.2 Å². The zero-order valence-corrected chi connectivity index (χ0v) is 21.6. The van der Waals surface area contributed by atoms with Gasteiger partial charge in [0.1, 0.15) is 8.07 Å².